The minimum atomic E-state index is -3.92. The predicted molar refractivity (Wildman–Crippen MR) is 162 cm³/mol. The summed E-state index contributed by atoms with van der Waals surface area (Å²) in [5, 5.41) is 0.733. The maximum Gasteiger partial charge on any atom is 0.311 e. The molecule has 0 N–H and O–H groups in total. The molecule has 214 valence electrons. The second kappa shape index (κ2) is 10.3. The number of hydrogen-bond donors (Lipinski definition) is 0. The third-order valence-electron chi connectivity index (χ3n) is 8.34. The Morgan fingerprint density at radius 3 is 2.33 bits per heavy atom. The maximum atomic E-state index is 13.9. The summed E-state index contributed by atoms with van der Waals surface area (Å²) in [5.41, 5.74) is 0.0257. The highest BCUT2D eigenvalue weighted by molar-refractivity contribution is 9.10. The van der Waals surface area contributed by atoms with Crippen LogP contribution in [0.2, 0.25) is 0 Å². The van der Waals surface area contributed by atoms with Crippen molar-refractivity contribution in [1.29, 1.82) is 0 Å². The third kappa shape index (κ3) is 5.20. The van der Waals surface area contributed by atoms with Gasteiger partial charge in [-0.2, -0.15) is 0 Å². The van der Waals surface area contributed by atoms with Crippen LogP contribution in [0.3, 0.4) is 0 Å². The van der Waals surface area contributed by atoms with Crippen molar-refractivity contribution in [2.45, 2.75) is 77.7 Å². The fourth-order valence-electron chi connectivity index (χ4n) is 5.53. The Morgan fingerprint density at radius 1 is 1.12 bits per heavy atom. The van der Waals surface area contributed by atoms with E-state index in [0.717, 1.165) is 21.0 Å². The van der Waals surface area contributed by atoms with E-state index >= 15 is 0 Å². The zero-order chi connectivity index (χ0) is 29.8. The SMILES string of the molecule is C=C[C@@]1(C)CC(=O)[C@@H](C(C)(C)c2cn(S(=O)(=O)c3ccc(C)cc3)c3cccc(Br)c23)C[C@@H]1OC(=O)C(C)(C)C. The Bertz CT molecular complexity index is 1590. The smallest absolute Gasteiger partial charge is 0.311 e. The number of Topliss-reactive ketones (excluding diaryl/α,β-unsaturated/α-hetero) is 1. The fraction of sp³-hybridized carbons (Fsp3) is 0.438. The minimum absolute atomic E-state index is 0.0322. The number of fused-ring (bicyclic) bond motifs is 1. The molecule has 0 bridgehead atoms. The van der Waals surface area contributed by atoms with Gasteiger partial charge in [-0.15, -0.1) is 6.58 Å². The van der Waals surface area contributed by atoms with Crippen LogP contribution in [-0.2, 0) is 29.8 Å². The Labute approximate surface area is 246 Å². The normalized spacial score (nSPS) is 22.4. The van der Waals surface area contributed by atoms with Gasteiger partial charge in [-0.1, -0.05) is 66.5 Å². The standard InChI is InChI=1S/C32H38BrNO5S/c1-9-32(8)18-26(35)22(17-27(32)39-29(36)30(3,4)5)31(6,7)23-19-34(25-12-10-11-24(33)28(23)25)40(37,38)21-15-13-20(2)14-16-21/h9-16,19,22,27H,1,17-18H2,2-8H3/t22-,27-,32-/m0/s1. The van der Waals surface area contributed by atoms with Crippen LogP contribution in [0.1, 0.15) is 65.5 Å². The quantitative estimate of drug-likeness (QED) is 0.211. The van der Waals surface area contributed by atoms with Crippen molar-refractivity contribution in [2.24, 2.45) is 16.7 Å². The summed E-state index contributed by atoms with van der Waals surface area (Å²) < 4.78 is 35.8. The molecule has 0 saturated heterocycles. The lowest BCUT2D eigenvalue weighted by Crippen LogP contribution is -2.50. The average molecular weight is 629 g/mol. The molecule has 2 aromatic carbocycles. The number of rotatable bonds is 6. The molecular weight excluding hydrogens is 590 g/mol. The highest BCUT2D eigenvalue weighted by Crippen LogP contribution is 2.49. The predicted octanol–water partition coefficient (Wildman–Crippen LogP) is 7.36. The molecular formula is C32H38BrNO5S. The lowest BCUT2D eigenvalue weighted by Gasteiger charge is -2.46. The molecule has 3 aromatic rings. The lowest BCUT2D eigenvalue weighted by atomic mass is 9.60. The number of carbonyl (C=O) groups excluding carboxylic acids is 2. The number of ketones is 1. The van der Waals surface area contributed by atoms with Gasteiger partial charge in [0.05, 0.1) is 15.8 Å². The second-order valence-electron chi connectivity index (χ2n) is 12.8. The molecule has 1 heterocycles. The molecule has 0 unspecified atom stereocenters. The third-order valence-corrected chi connectivity index (χ3v) is 10.7. The number of hydrogen-bond acceptors (Lipinski definition) is 5. The first kappa shape index (κ1) is 30.3. The first-order valence-electron chi connectivity index (χ1n) is 13.4. The summed E-state index contributed by atoms with van der Waals surface area (Å²) in [6, 6.07) is 12.2. The minimum Gasteiger partial charge on any atom is -0.461 e. The summed E-state index contributed by atoms with van der Waals surface area (Å²) in [6.07, 6.45) is 3.29. The number of carbonyl (C=O) groups is 2. The van der Waals surface area contributed by atoms with Gasteiger partial charge < -0.3 is 4.74 Å². The number of halogens is 1. The summed E-state index contributed by atoms with van der Waals surface area (Å²) >= 11 is 3.65. The van der Waals surface area contributed by atoms with Crippen molar-refractivity contribution in [3.63, 3.8) is 0 Å². The molecule has 1 aliphatic carbocycles. The van der Waals surface area contributed by atoms with Gasteiger partial charge in [0.1, 0.15) is 11.9 Å². The number of nitrogens with zero attached hydrogens (tertiary/aromatic N) is 1. The van der Waals surface area contributed by atoms with Crippen molar-refractivity contribution >= 4 is 48.6 Å². The van der Waals surface area contributed by atoms with Crippen molar-refractivity contribution < 1.29 is 22.7 Å². The van der Waals surface area contributed by atoms with Crippen molar-refractivity contribution in [1.82, 2.24) is 3.97 Å². The molecule has 1 fully saturated rings. The van der Waals surface area contributed by atoms with Gasteiger partial charge in [0.25, 0.3) is 10.0 Å². The van der Waals surface area contributed by atoms with Crippen LogP contribution in [-0.4, -0.2) is 30.2 Å². The van der Waals surface area contributed by atoms with Crippen LogP contribution < -0.4 is 0 Å². The zero-order valence-corrected chi connectivity index (χ0v) is 26.6. The summed E-state index contributed by atoms with van der Waals surface area (Å²) in [4.78, 5) is 26.9. The first-order chi connectivity index (χ1) is 18.4. The molecule has 0 aliphatic heterocycles. The molecule has 3 atom stereocenters. The number of esters is 1. The topological polar surface area (TPSA) is 82.4 Å². The maximum absolute atomic E-state index is 13.9. The van der Waals surface area contributed by atoms with E-state index in [9.17, 15) is 18.0 Å². The Kier molecular flexibility index (Phi) is 7.78. The van der Waals surface area contributed by atoms with Crippen molar-refractivity contribution in [3.05, 3.63) is 76.9 Å². The molecule has 8 heteroatoms. The Balaban J connectivity index is 1.85. The number of aryl methyl sites for hydroxylation is 1. The number of benzene rings is 2. The van der Waals surface area contributed by atoms with Crippen LogP contribution >= 0.6 is 15.9 Å². The molecule has 6 nitrogen and oxygen atoms in total. The highest BCUT2D eigenvalue weighted by Gasteiger charge is 2.51. The Morgan fingerprint density at radius 2 is 1.75 bits per heavy atom. The van der Waals surface area contributed by atoms with E-state index in [-0.39, 0.29) is 23.1 Å². The molecule has 1 aliphatic rings. The Hall–Kier alpha value is -2.71. The van der Waals surface area contributed by atoms with Gasteiger partial charge in [0.2, 0.25) is 0 Å². The molecule has 4 rings (SSSR count). The van der Waals surface area contributed by atoms with E-state index in [2.05, 4.69) is 22.5 Å². The number of ether oxygens (including phenoxy) is 1. The van der Waals surface area contributed by atoms with Crippen LogP contribution in [0.4, 0.5) is 0 Å². The van der Waals surface area contributed by atoms with Gasteiger partial charge in [-0.25, -0.2) is 12.4 Å². The van der Waals surface area contributed by atoms with E-state index in [1.807, 2.05) is 33.8 Å². The molecule has 1 saturated carbocycles. The van der Waals surface area contributed by atoms with E-state index < -0.39 is 38.3 Å². The molecule has 1 aromatic heterocycles. The summed E-state index contributed by atoms with van der Waals surface area (Å²) in [6.45, 7) is 17.1. The molecule has 40 heavy (non-hydrogen) atoms. The highest BCUT2D eigenvalue weighted by atomic mass is 79.9. The van der Waals surface area contributed by atoms with E-state index in [1.165, 1.54) is 3.97 Å². The van der Waals surface area contributed by atoms with Crippen LogP contribution in [0.25, 0.3) is 10.9 Å². The molecule has 0 radical (unpaired) electrons. The first-order valence-corrected chi connectivity index (χ1v) is 15.7. The lowest BCUT2D eigenvalue weighted by molar-refractivity contribution is -0.170. The van der Waals surface area contributed by atoms with Crippen LogP contribution in [0, 0.1) is 23.7 Å². The van der Waals surface area contributed by atoms with E-state index in [1.54, 1.807) is 69.4 Å². The second-order valence-corrected chi connectivity index (χ2v) is 15.5. The number of aromatic nitrogens is 1. The van der Waals surface area contributed by atoms with Gasteiger partial charge in [-0.05, 0) is 63.9 Å². The monoisotopic (exact) mass is 627 g/mol. The zero-order valence-electron chi connectivity index (χ0n) is 24.2. The van der Waals surface area contributed by atoms with Gasteiger partial charge >= 0.3 is 5.97 Å². The van der Waals surface area contributed by atoms with Crippen LogP contribution in [0.15, 0.2) is 70.7 Å². The van der Waals surface area contributed by atoms with Gasteiger partial charge in [-0.3, -0.25) is 9.59 Å². The largest absolute Gasteiger partial charge is 0.461 e. The van der Waals surface area contributed by atoms with E-state index in [4.69, 9.17) is 4.74 Å². The van der Waals surface area contributed by atoms with Crippen molar-refractivity contribution in [2.75, 3.05) is 0 Å². The molecule has 0 amide bonds. The van der Waals surface area contributed by atoms with Crippen LogP contribution in [0.5, 0.6) is 0 Å². The summed E-state index contributed by atoms with van der Waals surface area (Å²) in [5.74, 6) is -0.823. The van der Waals surface area contributed by atoms with Gasteiger partial charge in [0, 0.05) is 39.2 Å². The average Bonchev–Trinajstić information content (AvgIpc) is 3.28. The van der Waals surface area contributed by atoms with E-state index in [0.29, 0.717) is 11.9 Å². The summed E-state index contributed by atoms with van der Waals surface area (Å²) in [7, 11) is -3.92. The molecule has 0 spiro atoms. The van der Waals surface area contributed by atoms with Gasteiger partial charge in [0.15, 0.2) is 0 Å². The van der Waals surface area contributed by atoms with Crippen molar-refractivity contribution in [3.8, 4) is 0 Å². The fourth-order valence-corrected chi connectivity index (χ4v) is 7.46.